The van der Waals surface area contributed by atoms with Gasteiger partial charge in [0.1, 0.15) is 23.7 Å². The van der Waals surface area contributed by atoms with Crippen molar-refractivity contribution in [1.82, 2.24) is 0 Å². The van der Waals surface area contributed by atoms with Crippen LogP contribution in [0.1, 0.15) is 79.7 Å². The molecule has 0 fully saturated rings. The highest BCUT2D eigenvalue weighted by Gasteiger charge is 2.36. The summed E-state index contributed by atoms with van der Waals surface area (Å²) in [6.45, 7) is 3.52. The third kappa shape index (κ3) is 3.69. The first-order valence-electron chi connectivity index (χ1n) is 11.6. The van der Waals surface area contributed by atoms with Crippen LogP contribution in [-0.2, 0) is 11.3 Å². The summed E-state index contributed by atoms with van der Waals surface area (Å²) in [4.78, 5) is 52.8. The Morgan fingerprint density at radius 1 is 0.944 bits per heavy atom. The topological polar surface area (TPSA) is 111 Å². The molecule has 0 unspecified atom stereocenters. The number of ketones is 2. The molecule has 4 aromatic rings. The number of carbonyl (C=O) groups is 3. The SMILES string of the molecule is CC[C@@H](C)c1cc(=O)c2c(COC(=O)c3ccccc3)cc3c(c2o1)C(=O)c1c(O)cccc1C3=O. The van der Waals surface area contributed by atoms with Crippen LogP contribution in [0.15, 0.2) is 69.9 Å². The maximum atomic E-state index is 13.6. The third-order valence-corrected chi connectivity index (χ3v) is 6.55. The minimum Gasteiger partial charge on any atom is -0.507 e. The second kappa shape index (κ2) is 8.92. The molecule has 0 bridgehead atoms. The molecule has 0 aliphatic heterocycles. The van der Waals surface area contributed by atoms with Crippen LogP contribution in [0.5, 0.6) is 5.75 Å². The lowest BCUT2D eigenvalue weighted by molar-refractivity contribution is 0.0474. The van der Waals surface area contributed by atoms with Gasteiger partial charge in [0.2, 0.25) is 5.78 Å². The van der Waals surface area contributed by atoms with Crippen molar-refractivity contribution in [1.29, 1.82) is 0 Å². The molecule has 36 heavy (non-hydrogen) atoms. The van der Waals surface area contributed by atoms with Crippen LogP contribution in [0.25, 0.3) is 11.0 Å². The molecule has 180 valence electrons. The van der Waals surface area contributed by atoms with Gasteiger partial charge in [0.05, 0.1) is 22.1 Å². The zero-order valence-corrected chi connectivity index (χ0v) is 19.7. The standard InChI is InChI=1S/C29H22O7/c1-3-15(2)22-13-21(31)23-17(14-35-29(34)16-8-5-4-6-9-16)12-19-25(28(23)36-22)27(33)24-18(26(19)32)10-7-11-20(24)30/h4-13,15,30H,3,14H2,1-2H3/t15-/m1/s1. The lowest BCUT2D eigenvalue weighted by Gasteiger charge is -2.21. The van der Waals surface area contributed by atoms with Crippen molar-refractivity contribution in [3.05, 3.63) is 110 Å². The van der Waals surface area contributed by atoms with E-state index in [2.05, 4.69) is 0 Å². The Labute approximate surface area is 205 Å². The Kier molecular flexibility index (Phi) is 5.76. The predicted molar refractivity (Wildman–Crippen MR) is 132 cm³/mol. The Hall–Kier alpha value is -4.52. The van der Waals surface area contributed by atoms with Crippen LogP contribution in [-0.4, -0.2) is 22.6 Å². The van der Waals surface area contributed by atoms with E-state index in [1.807, 2.05) is 13.8 Å². The van der Waals surface area contributed by atoms with Gasteiger partial charge in [-0.2, -0.15) is 0 Å². The Bertz CT molecular complexity index is 1610. The van der Waals surface area contributed by atoms with Gasteiger partial charge in [0, 0.05) is 28.7 Å². The van der Waals surface area contributed by atoms with Gasteiger partial charge in [0.25, 0.3) is 0 Å². The molecule has 1 aliphatic carbocycles. The van der Waals surface area contributed by atoms with E-state index in [-0.39, 0.29) is 57.1 Å². The summed E-state index contributed by atoms with van der Waals surface area (Å²) >= 11 is 0. The van der Waals surface area contributed by atoms with Crippen molar-refractivity contribution in [2.24, 2.45) is 0 Å². The first kappa shape index (κ1) is 23.2. The summed E-state index contributed by atoms with van der Waals surface area (Å²) in [5.41, 5.74) is 0.00126. The minimum atomic E-state index is -0.611. The Balaban J connectivity index is 1.73. The summed E-state index contributed by atoms with van der Waals surface area (Å²) in [5, 5.41) is 10.4. The van der Waals surface area contributed by atoms with Gasteiger partial charge in [-0.25, -0.2) is 4.79 Å². The quantitative estimate of drug-likeness (QED) is 0.345. The van der Waals surface area contributed by atoms with Gasteiger partial charge in [-0.3, -0.25) is 14.4 Å². The fourth-order valence-electron chi connectivity index (χ4n) is 4.43. The highest BCUT2D eigenvalue weighted by molar-refractivity contribution is 6.32. The third-order valence-electron chi connectivity index (χ3n) is 6.55. The van der Waals surface area contributed by atoms with Gasteiger partial charge in [-0.15, -0.1) is 0 Å². The van der Waals surface area contributed by atoms with Gasteiger partial charge in [0.15, 0.2) is 11.2 Å². The number of ether oxygens (including phenoxy) is 1. The molecule has 0 radical (unpaired) electrons. The number of aromatic hydroxyl groups is 1. The molecule has 1 aromatic heterocycles. The normalized spacial score (nSPS) is 13.3. The lowest BCUT2D eigenvalue weighted by Crippen LogP contribution is -2.23. The first-order chi connectivity index (χ1) is 17.3. The average Bonchev–Trinajstić information content (AvgIpc) is 2.89. The highest BCUT2D eigenvalue weighted by atomic mass is 16.5. The van der Waals surface area contributed by atoms with E-state index in [1.165, 1.54) is 30.3 Å². The van der Waals surface area contributed by atoms with Crippen molar-refractivity contribution < 1.29 is 28.6 Å². The van der Waals surface area contributed by atoms with Crippen molar-refractivity contribution in [3.8, 4) is 5.75 Å². The van der Waals surface area contributed by atoms with Crippen LogP contribution in [0, 0.1) is 0 Å². The predicted octanol–water partition coefficient (Wildman–Crippen LogP) is 5.14. The number of phenolic OH excluding ortho intramolecular Hbond substituents is 1. The molecule has 1 heterocycles. The zero-order chi connectivity index (χ0) is 25.6. The number of phenols is 1. The molecule has 3 aromatic carbocycles. The molecular weight excluding hydrogens is 460 g/mol. The van der Waals surface area contributed by atoms with Gasteiger partial charge in [-0.1, -0.05) is 44.2 Å². The molecule has 5 rings (SSSR count). The van der Waals surface area contributed by atoms with Gasteiger partial charge >= 0.3 is 5.97 Å². The summed E-state index contributed by atoms with van der Waals surface area (Å²) in [5.74, 6) is -1.78. The van der Waals surface area contributed by atoms with Crippen LogP contribution in [0.4, 0.5) is 0 Å². The van der Waals surface area contributed by atoms with Gasteiger partial charge < -0.3 is 14.3 Å². The zero-order valence-electron chi connectivity index (χ0n) is 19.7. The number of esters is 1. The molecule has 0 spiro atoms. The summed E-state index contributed by atoms with van der Waals surface area (Å²) < 4.78 is 11.6. The molecule has 7 nitrogen and oxygen atoms in total. The van der Waals surface area contributed by atoms with Gasteiger partial charge in [-0.05, 0) is 30.7 Å². The lowest BCUT2D eigenvalue weighted by atomic mass is 9.81. The Morgan fingerprint density at radius 2 is 1.69 bits per heavy atom. The van der Waals surface area contributed by atoms with Crippen LogP contribution in [0.2, 0.25) is 0 Å². The number of rotatable bonds is 5. The number of hydrogen-bond acceptors (Lipinski definition) is 7. The largest absolute Gasteiger partial charge is 0.507 e. The fraction of sp³-hybridized carbons (Fsp3) is 0.172. The smallest absolute Gasteiger partial charge is 0.338 e. The van der Waals surface area contributed by atoms with Crippen LogP contribution < -0.4 is 5.43 Å². The number of fused-ring (bicyclic) bond motifs is 4. The van der Waals surface area contributed by atoms with E-state index in [9.17, 15) is 24.3 Å². The highest BCUT2D eigenvalue weighted by Crippen LogP contribution is 2.38. The number of carbonyl (C=O) groups excluding carboxylic acids is 3. The summed E-state index contributed by atoms with van der Waals surface area (Å²) in [7, 11) is 0. The van der Waals surface area contributed by atoms with Crippen LogP contribution >= 0.6 is 0 Å². The number of hydrogen-bond donors (Lipinski definition) is 1. The van der Waals surface area contributed by atoms with E-state index < -0.39 is 23.0 Å². The van der Waals surface area contributed by atoms with E-state index >= 15 is 0 Å². The Morgan fingerprint density at radius 3 is 2.42 bits per heavy atom. The minimum absolute atomic E-state index is 0.0285. The van der Waals surface area contributed by atoms with Crippen molar-refractivity contribution >= 4 is 28.5 Å². The van der Waals surface area contributed by atoms with E-state index in [1.54, 1.807) is 30.3 Å². The maximum Gasteiger partial charge on any atom is 0.338 e. The monoisotopic (exact) mass is 482 g/mol. The van der Waals surface area contributed by atoms with E-state index in [4.69, 9.17) is 9.15 Å². The fourth-order valence-corrected chi connectivity index (χ4v) is 4.43. The number of benzene rings is 3. The van der Waals surface area contributed by atoms with Crippen molar-refractivity contribution in [3.63, 3.8) is 0 Å². The first-order valence-corrected chi connectivity index (χ1v) is 11.6. The molecule has 1 aliphatic rings. The molecule has 1 N–H and O–H groups in total. The van der Waals surface area contributed by atoms with Crippen molar-refractivity contribution in [2.75, 3.05) is 0 Å². The van der Waals surface area contributed by atoms with E-state index in [0.717, 1.165) is 0 Å². The van der Waals surface area contributed by atoms with Crippen LogP contribution in [0.3, 0.4) is 0 Å². The molecule has 1 atom stereocenters. The second-order valence-electron chi connectivity index (χ2n) is 8.78. The molecular formula is C29H22O7. The molecule has 7 heteroatoms. The maximum absolute atomic E-state index is 13.6. The van der Waals surface area contributed by atoms with E-state index in [0.29, 0.717) is 17.7 Å². The summed E-state index contributed by atoms with van der Waals surface area (Å²) in [6.07, 6.45) is 0.682. The summed E-state index contributed by atoms with van der Waals surface area (Å²) in [6, 6.07) is 15.4. The molecule has 0 saturated heterocycles. The molecule has 0 amide bonds. The average molecular weight is 482 g/mol. The second-order valence-corrected chi connectivity index (χ2v) is 8.78. The molecule has 0 saturated carbocycles. The van der Waals surface area contributed by atoms with Crippen molar-refractivity contribution in [2.45, 2.75) is 32.8 Å².